The lowest BCUT2D eigenvalue weighted by Crippen LogP contribution is -1.99. The Hall–Kier alpha value is -0.830. The van der Waals surface area contributed by atoms with Gasteiger partial charge in [-0.1, -0.05) is 40.2 Å². The third-order valence-corrected chi connectivity index (χ3v) is 3.15. The normalized spacial score (nSPS) is 10.1. The number of aryl methyl sites for hydroxylation is 1. The van der Waals surface area contributed by atoms with Crippen molar-refractivity contribution in [3.05, 3.63) is 35.4 Å². The number of halogens is 1. The molecule has 0 fully saturated rings. The van der Waals surface area contributed by atoms with Crippen molar-refractivity contribution < 1.29 is 9.53 Å². The van der Waals surface area contributed by atoms with Crippen molar-refractivity contribution in [3.8, 4) is 0 Å². The van der Waals surface area contributed by atoms with E-state index in [0.717, 1.165) is 24.6 Å². The van der Waals surface area contributed by atoms with Crippen molar-refractivity contribution in [2.24, 2.45) is 0 Å². The monoisotopic (exact) mass is 284 g/mol. The van der Waals surface area contributed by atoms with Crippen LogP contribution in [0.3, 0.4) is 0 Å². The van der Waals surface area contributed by atoms with Crippen LogP contribution < -0.4 is 0 Å². The summed E-state index contributed by atoms with van der Waals surface area (Å²) in [5.41, 5.74) is 2.62. The highest BCUT2D eigenvalue weighted by atomic mass is 79.9. The molecule has 0 N–H and O–H groups in total. The van der Waals surface area contributed by atoms with Crippen molar-refractivity contribution in [1.82, 2.24) is 0 Å². The first-order valence-corrected chi connectivity index (χ1v) is 6.59. The van der Waals surface area contributed by atoms with Crippen LogP contribution in [0.15, 0.2) is 24.3 Å². The Kier molecular flexibility index (Phi) is 6.16. The van der Waals surface area contributed by atoms with Crippen molar-refractivity contribution >= 4 is 21.9 Å². The Morgan fingerprint density at radius 1 is 1.19 bits per heavy atom. The van der Waals surface area contributed by atoms with Gasteiger partial charge in [0.2, 0.25) is 0 Å². The third-order valence-electron chi connectivity index (χ3n) is 2.50. The molecule has 3 heteroatoms. The van der Waals surface area contributed by atoms with E-state index in [2.05, 4.69) is 44.9 Å². The number of unbranched alkanes of at least 4 members (excludes halogenated alkanes) is 1. The molecule has 0 radical (unpaired) electrons. The van der Waals surface area contributed by atoms with Crippen LogP contribution in [-0.2, 0) is 21.3 Å². The van der Waals surface area contributed by atoms with E-state index in [1.54, 1.807) is 0 Å². The molecular weight excluding hydrogens is 268 g/mol. The van der Waals surface area contributed by atoms with Gasteiger partial charge in [-0.25, -0.2) is 0 Å². The van der Waals surface area contributed by atoms with Crippen molar-refractivity contribution in [2.45, 2.75) is 31.0 Å². The summed E-state index contributed by atoms with van der Waals surface area (Å²) in [7, 11) is 1.43. The van der Waals surface area contributed by atoms with Crippen LogP contribution in [0, 0.1) is 0 Å². The van der Waals surface area contributed by atoms with Crippen molar-refractivity contribution in [2.75, 3.05) is 7.11 Å². The molecule has 0 amide bonds. The first-order valence-electron chi connectivity index (χ1n) is 5.47. The Bertz CT molecular complexity index is 319. The van der Waals surface area contributed by atoms with E-state index < -0.39 is 0 Å². The van der Waals surface area contributed by atoms with Crippen LogP contribution in [-0.4, -0.2) is 13.1 Å². The molecule has 16 heavy (non-hydrogen) atoms. The van der Waals surface area contributed by atoms with Crippen LogP contribution in [0.5, 0.6) is 0 Å². The minimum absolute atomic E-state index is 0.116. The molecule has 0 spiro atoms. The topological polar surface area (TPSA) is 26.3 Å². The minimum atomic E-state index is -0.116. The van der Waals surface area contributed by atoms with Gasteiger partial charge in [0, 0.05) is 11.8 Å². The molecule has 1 rings (SSSR count). The number of benzene rings is 1. The predicted octanol–water partition coefficient (Wildman–Crippen LogP) is 3.47. The number of rotatable bonds is 6. The molecule has 1 aromatic rings. The smallest absolute Gasteiger partial charge is 0.305 e. The Morgan fingerprint density at radius 2 is 1.81 bits per heavy atom. The molecule has 0 saturated heterocycles. The number of hydrogen-bond acceptors (Lipinski definition) is 2. The number of ether oxygens (including phenoxy) is 1. The average molecular weight is 285 g/mol. The van der Waals surface area contributed by atoms with Gasteiger partial charge >= 0.3 is 5.97 Å². The maximum atomic E-state index is 10.9. The number of hydrogen-bond donors (Lipinski definition) is 0. The largest absolute Gasteiger partial charge is 0.469 e. The van der Waals surface area contributed by atoms with Crippen LogP contribution >= 0.6 is 15.9 Å². The highest BCUT2D eigenvalue weighted by Crippen LogP contribution is 2.11. The van der Waals surface area contributed by atoms with Gasteiger partial charge in [0.05, 0.1) is 7.11 Å². The van der Waals surface area contributed by atoms with Crippen LogP contribution in [0.25, 0.3) is 0 Å². The van der Waals surface area contributed by atoms with E-state index >= 15 is 0 Å². The fourth-order valence-electron chi connectivity index (χ4n) is 1.50. The van der Waals surface area contributed by atoms with Gasteiger partial charge in [0.15, 0.2) is 0 Å². The second-order valence-corrected chi connectivity index (χ2v) is 4.29. The molecule has 0 heterocycles. The first kappa shape index (κ1) is 13.2. The zero-order valence-corrected chi connectivity index (χ0v) is 11.1. The average Bonchev–Trinajstić information content (AvgIpc) is 2.35. The lowest BCUT2D eigenvalue weighted by molar-refractivity contribution is -0.140. The van der Waals surface area contributed by atoms with Crippen LogP contribution in [0.2, 0.25) is 0 Å². The van der Waals surface area contributed by atoms with E-state index in [1.165, 1.54) is 18.2 Å². The van der Waals surface area contributed by atoms with Gasteiger partial charge in [-0.2, -0.15) is 0 Å². The second-order valence-electron chi connectivity index (χ2n) is 3.73. The molecule has 0 unspecified atom stereocenters. The van der Waals surface area contributed by atoms with E-state index in [1.807, 2.05) is 0 Å². The molecular formula is C13H17BrO2. The van der Waals surface area contributed by atoms with Crippen LogP contribution in [0.1, 0.15) is 30.4 Å². The quantitative estimate of drug-likeness (QED) is 0.454. The zero-order valence-electron chi connectivity index (χ0n) is 9.54. The number of methoxy groups -OCH3 is 1. The maximum absolute atomic E-state index is 10.9. The lowest BCUT2D eigenvalue weighted by Gasteiger charge is -2.02. The summed E-state index contributed by atoms with van der Waals surface area (Å²) in [6.45, 7) is 0. The third kappa shape index (κ3) is 4.79. The highest BCUT2D eigenvalue weighted by molar-refractivity contribution is 9.08. The molecule has 2 nitrogen and oxygen atoms in total. The molecule has 0 aromatic heterocycles. The molecule has 1 aromatic carbocycles. The molecule has 0 aliphatic heterocycles. The van der Waals surface area contributed by atoms with Crippen LogP contribution in [0.4, 0.5) is 0 Å². The van der Waals surface area contributed by atoms with Gasteiger partial charge in [-0.05, 0) is 30.4 Å². The predicted molar refractivity (Wildman–Crippen MR) is 68.6 cm³/mol. The number of carbonyl (C=O) groups is 1. The molecule has 0 aliphatic carbocycles. The molecule has 0 aliphatic rings. The lowest BCUT2D eigenvalue weighted by atomic mass is 10.1. The highest BCUT2D eigenvalue weighted by Gasteiger charge is 2.00. The second kappa shape index (κ2) is 7.44. The van der Waals surface area contributed by atoms with E-state index in [-0.39, 0.29) is 5.97 Å². The van der Waals surface area contributed by atoms with Gasteiger partial charge in [0.1, 0.15) is 0 Å². The fraction of sp³-hybridized carbons (Fsp3) is 0.462. The first-order chi connectivity index (χ1) is 7.76. The molecule has 88 valence electrons. The summed E-state index contributed by atoms with van der Waals surface area (Å²) < 4.78 is 4.59. The number of esters is 1. The summed E-state index contributed by atoms with van der Waals surface area (Å²) in [5, 5.41) is 0.898. The van der Waals surface area contributed by atoms with Gasteiger partial charge in [-0.15, -0.1) is 0 Å². The SMILES string of the molecule is COC(=O)CCCCc1ccc(CBr)cc1. The molecule has 0 saturated carbocycles. The number of alkyl halides is 1. The Balaban J connectivity index is 2.24. The zero-order chi connectivity index (χ0) is 11.8. The Labute approximate surface area is 105 Å². The van der Waals surface area contributed by atoms with E-state index in [0.29, 0.717) is 6.42 Å². The minimum Gasteiger partial charge on any atom is -0.469 e. The van der Waals surface area contributed by atoms with Crippen molar-refractivity contribution in [3.63, 3.8) is 0 Å². The van der Waals surface area contributed by atoms with Crippen molar-refractivity contribution in [1.29, 1.82) is 0 Å². The summed E-state index contributed by atoms with van der Waals surface area (Å²) in [6, 6.07) is 8.55. The summed E-state index contributed by atoms with van der Waals surface area (Å²) in [5.74, 6) is -0.116. The van der Waals surface area contributed by atoms with Gasteiger partial charge < -0.3 is 4.74 Å². The van der Waals surface area contributed by atoms with E-state index in [9.17, 15) is 4.79 Å². The summed E-state index contributed by atoms with van der Waals surface area (Å²) in [6.07, 6.45) is 3.48. The van der Waals surface area contributed by atoms with Gasteiger partial charge in [0.25, 0.3) is 0 Å². The van der Waals surface area contributed by atoms with E-state index in [4.69, 9.17) is 0 Å². The Morgan fingerprint density at radius 3 is 2.38 bits per heavy atom. The van der Waals surface area contributed by atoms with Gasteiger partial charge in [-0.3, -0.25) is 4.79 Å². The fourth-order valence-corrected chi connectivity index (χ4v) is 1.87. The number of carbonyl (C=O) groups excluding carboxylic acids is 1. The maximum Gasteiger partial charge on any atom is 0.305 e. The summed E-state index contributed by atoms with van der Waals surface area (Å²) in [4.78, 5) is 10.9. The molecule has 0 bridgehead atoms. The molecule has 0 atom stereocenters. The summed E-state index contributed by atoms with van der Waals surface area (Å²) >= 11 is 3.42. The standard InChI is InChI=1S/C13H17BrO2/c1-16-13(15)5-3-2-4-11-6-8-12(10-14)9-7-11/h6-9H,2-5,10H2,1H3.